The molecule has 8 heteroatoms. The third-order valence-electron chi connectivity index (χ3n) is 6.89. The number of hydrogen-bond acceptors (Lipinski definition) is 4. The highest BCUT2D eigenvalue weighted by molar-refractivity contribution is 6.45. The van der Waals surface area contributed by atoms with Crippen molar-refractivity contribution >= 4 is 34.4 Å². The van der Waals surface area contributed by atoms with Crippen LogP contribution < -0.4 is 16.0 Å². The molecule has 2 aromatic rings. The number of aliphatic imine (C=N–C) groups is 2. The van der Waals surface area contributed by atoms with Crippen molar-refractivity contribution in [2.75, 3.05) is 17.7 Å². The van der Waals surface area contributed by atoms with E-state index in [1.807, 2.05) is 46.8 Å². The summed E-state index contributed by atoms with van der Waals surface area (Å²) in [5.41, 5.74) is 4.80. The number of halogens is 2. The van der Waals surface area contributed by atoms with Crippen LogP contribution in [-0.2, 0) is 6.42 Å². The first-order valence-corrected chi connectivity index (χ1v) is 14.7. The monoisotopic (exact) mass is 593 g/mol. The van der Waals surface area contributed by atoms with Gasteiger partial charge in [0.15, 0.2) is 17.5 Å². The van der Waals surface area contributed by atoms with Gasteiger partial charge in [-0.3, -0.25) is 9.79 Å². The van der Waals surface area contributed by atoms with E-state index in [-0.39, 0.29) is 23.2 Å². The van der Waals surface area contributed by atoms with Crippen molar-refractivity contribution in [2.45, 2.75) is 81.2 Å². The Kier molecular flexibility index (Phi) is 15.9. The summed E-state index contributed by atoms with van der Waals surface area (Å²) in [6.07, 6.45) is 6.45. The SMILES string of the molecule is C/C=C\N=C(Nc1ccc(C(=O)NC(C)CC)c(CC)c1)C(C)=N/C=C(\C)c1ccc(NC)c(F)c1F.C=C(C)C(C)C. The lowest BCUT2D eigenvalue weighted by Crippen LogP contribution is -2.32. The maximum atomic E-state index is 14.5. The van der Waals surface area contributed by atoms with Crippen LogP contribution in [0.3, 0.4) is 0 Å². The Morgan fingerprint density at radius 3 is 2.16 bits per heavy atom. The number of nitrogens with one attached hydrogen (secondary N) is 3. The smallest absolute Gasteiger partial charge is 0.251 e. The first-order valence-electron chi connectivity index (χ1n) is 14.7. The van der Waals surface area contributed by atoms with Crippen molar-refractivity contribution in [2.24, 2.45) is 15.9 Å². The average Bonchev–Trinajstić information content (AvgIpc) is 2.98. The molecular weight excluding hydrogens is 544 g/mol. The molecule has 0 saturated carbocycles. The third-order valence-corrected chi connectivity index (χ3v) is 6.89. The molecule has 1 unspecified atom stereocenters. The molecule has 0 aliphatic carbocycles. The van der Waals surface area contributed by atoms with Crippen LogP contribution >= 0.6 is 0 Å². The molecule has 0 aliphatic heterocycles. The Morgan fingerprint density at radius 1 is 1.00 bits per heavy atom. The summed E-state index contributed by atoms with van der Waals surface area (Å²) < 4.78 is 28.7. The highest BCUT2D eigenvalue weighted by Crippen LogP contribution is 2.25. The van der Waals surface area contributed by atoms with Crippen molar-refractivity contribution < 1.29 is 13.6 Å². The lowest BCUT2D eigenvalue weighted by Gasteiger charge is -2.15. The van der Waals surface area contributed by atoms with Gasteiger partial charge >= 0.3 is 0 Å². The number of nitrogens with zero attached hydrogens (tertiary/aromatic N) is 2. The largest absolute Gasteiger partial charge is 0.386 e. The number of hydrogen-bond donors (Lipinski definition) is 3. The van der Waals surface area contributed by atoms with E-state index in [2.05, 4.69) is 46.4 Å². The van der Waals surface area contributed by atoms with Crippen LogP contribution in [0.1, 0.15) is 90.2 Å². The van der Waals surface area contributed by atoms with Gasteiger partial charge in [0.05, 0.1) is 11.4 Å². The van der Waals surface area contributed by atoms with Gasteiger partial charge in [-0.15, -0.1) is 0 Å². The van der Waals surface area contributed by atoms with Gasteiger partial charge in [-0.25, -0.2) is 13.8 Å². The van der Waals surface area contributed by atoms with Gasteiger partial charge in [0.25, 0.3) is 5.91 Å². The quantitative estimate of drug-likeness (QED) is 0.138. The fourth-order valence-electron chi connectivity index (χ4n) is 3.46. The maximum Gasteiger partial charge on any atom is 0.251 e. The average molecular weight is 594 g/mol. The van der Waals surface area contributed by atoms with Gasteiger partial charge in [-0.1, -0.05) is 45.9 Å². The van der Waals surface area contributed by atoms with E-state index in [9.17, 15) is 13.6 Å². The van der Waals surface area contributed by atoms with E-state index in [1.54, 1.807) is 32.2 Å². The molecule has 0 radical (unpaired) electrons. The zero-order valence-corrected chi connectivity index (χ0v) is 27.5. The number of benzene rings is 2. The molecule has 1 atom stereocenters. The number of carbonyl (C=O) groups is 1. The summed E-state index contributed by atoms with van der Waals surface area (Å²) in [4.78, 5) is 21.6. The number of anilines is 2. The summed E-state index contributed by atoms with van der Waals surface area (Å²) >= 11 is 0. The van der Waals surface area contributed by atoms with Crippen LogP contribution in [0.15, 0.2) is 70.9 Å². The Hall–Kier alpha value is -4.07. The van der Waals surface area contributed by atoms with Crippen molar-refractivity contribution in [3.05, 3.63) is 89.3 Å². The zero-order valence-electron chi connectivity index (χ0n) is 27.5. The second-order valence-electron chi connectivity index (χ2n) is 10.7. The summed E-state index contributed by atoms with van der Waals surface area (Å²) in [5.74, 6) is -0.814. The van der Waals surface area contributed by atoms with Gasteiger partial charge in [-0.2, -0.15) is 0 Å². The number of amides is 1. The van der Waals surface area contributed by atoms with E-state index in [0.717, 1.165) is 17.7 Å². The third kappa shape index (κ3) is 11.6. The van der Waals surface area contributed by atoms with E-state index >= 15 is 0 Å². The van der Waals surface area contributed by atoms with E-state index < -0.39 is 11.6 Å². The molecule has 0 heterocycles. The summed E-state index contributed by atoms with van der Waals surface area (Å²) in [5, 5.41) is 8.90. The van der Waals surface area contributed by atoms with E-state index in [4.69, 9.17) is 0 Å². The molecule has 0 saturated heterocycles. The molecule has 3 N–H and O–H groups in total. The molecule has 0 aliphatic rings. The topological polar surface area (TPSA) is 77.9 Å². The molecule has 0 aromatic heterocycles. The first kappa shape index (κ1) is 37.0. The second-order valence-corrected chi connectivity index (χ2v) is 10.7. The molecule has 6 nitrogen and oxygen atoms in total. The minimum Gasteiger partial charge on any atom is -0.386 e. The molecule has 0 fully saturated rings. The molecular formula is C35H49F2N5O. The molecule has 43 heavy (non-hydrogen) atoms. The number of carbonyl (C=O) groups excluding carboxylic acids is 1. The van der Waals surface area contributed by atoms with Gasteiger partial charge in [0, 0.05) is 42.3 Å². The van der Waals surface area contributed by atoms with Gasteiger partial charge in [-0.05, 0) is 94.8 Å². The fourth-order valence-corrected chi connectivity index (χ4v) is 3.46. The number of aryl methyl sites for hydroxylation is 1. The van der Waals surface area contributed by atoms with E-state index in [0.29, 0.717) is 35.0 Å². The van der Waals surface area contributed by atoms with Crippen LogP contribution in [-0.4, -0.2) is 30.5 Å². The normalized spacial score (nSPS) is 13.0. The lowest BCUT2D eigenvalue weighted by atomic mass is 10.0. The van der Waals surface area contributed by atoms with Crippen LogP contribution in [0.4, 0.5) is 20.2 Å². The molecule has 2 rings (SSSR count). The zero-order chi connectivity index (χ0) is 32.7. The minimum absolute atomic E-state index is 0.0912. The van der Waals surface area contributed by atoms with Crippen LogP contribution in [0.2, 0.25) is 0 Å². The second kappa shape index (κ2) is 18.5. The summed E-state index contributed by atoms with van der Waals surface area (Å²) in [6, 6.07) is 8.64. The van der Waals surface area contributed by atoms with E-state index in [1.165, 1.54) is 31.0 Å². The molecule has 234 valence electrons. The lowest BCUT2D eigenvalue weighted by molar-refractivity contribution is 0.0938. The molecule has 0 bridgehead atoms. The summed E-state index contributed by atoms with van der Waals surface area (Å²) in [6.45, 7) is 21.4. The standard InChI is InChI=1S/C29H37F2N5O.C6H12/c1-8-15-33-28(20(6)34-17-18(4)23-13-14-25(32-7)27(31)26(23)30)36-22-11-12-24(21(10-3)16-22)29(37)35-19(5)9-2;1-5(2)6(3)4/h8,11-17,19,32H,9-10H2,1-7H3,(H,33,36)(H,35,37);6H,1H2,2-4H3/b15-8-,18-17+,34-20?;. The van der Waals surface area contributed by atoms with Crippen LogP contribution in [0.5, 0.6) is 0 Å². The summed E-state index contributed by atoms with van der Waals surface area (Å²) in [7, 11) is 1.53. The number of rotatable bonds is 11. The fraction of sp³-hybridized carbons (Fsp3) is 0.400. The van der Waals surface area contributed by atoms with Crippen molar-refractivity contribution in [1.82, 2.24) is 5.32 Å². The molecule has 1 amide bonds. The van der Waals surface area contributed by atoms with Crippen molar-refractivity contribution in [3.8, 4) is 0 Å². The first-order chi connectivity index (χ1) is 20.3. The van der Waals surface area contributed by atoms with Crippen molar-refractivity contribution in [1.29, 1.82) is 0 Å². The molecule has 2 aromatic carbocycles. The number of amidine groups is 1. The Bertz CT molecular complexity index is 1370. The van der Waals surface area contributed by atoms with Gasteiger partial charge in [0.1, 0.15) is 0 Å². The Balaban J connectivity index is 0.00000139. The minimum atomic E-state index is -0.932. The Labute approximate surface area is 257 Å². The molecule has 0 spiro atoms. The number of allylic oxidation sites excluding steroid dienone is 3. The Morgan fingerprint density at radius 2 is 1.63 bits per heavy atom. The van der Waals surface area contributed by atoms with Crippen molar-refractivity contribution in [3.63, 3.8) is 0 Å². The van der Waals surface area contributed by atoms with Crippen LogP contribution in [0, 0.1) is 17.6 Å². The van der Waals surface area contributed by atoms with Crippen LogP contribution in [0.25, 0.3) is 5.57 Å². The van der Waals surface area contributed by atoms with Gasteiger partial charge < -0.3 is 16.0 Å². The predicted octanol–water partition coefficient (Wildman–Crippen LogP) is 9.18. The highest BCUT2D eigenvalue weighted by atomic mass is 19.2. The van der Waals surface area contributed by atoms with Gasteiger partial charge in [0.2, 0.25) is 0 Å². The predicted molar refractivity (Wildman–Crippen MR) is 181 cm³/mol. The maximum absolute atomic E-state index is 14.5. The highest BCUT2D eigenvalue weighted by Gasteiger charge is 2.15.